The third-order valence-electron chi connectivity index (χ3n) is 6.68. The van der Waals surface area contributed by atoms with E-state index >= 15 is 0 Å². The number of alkyl halides is 1. The number of fused-ring (bicyclic) bond motifs is 2. The summed E-state index contributed by atoms with van der Waals surface area (Å²) in [4.78, 5) is 26.1. The smallest absolute Gasteiger partial charge is 0.146 e. The Kier molecular flexibility index (Phi) is 7.18. The van der Waals surface area contributed by atoms with Crippen molar-refractivity contribution in [2.24, 2.45) is 4.99 Å². The quantitative estimate of drug-likeness (QED) is 0.282. The third-order valence-corrected chi connectivity index (χ3v) is 6.68. The Hall–Kier alpha value is -3.52. The molecule has 0 unspecified atom stereocenters. The number of ether oxygens (including phenoxy) is 1. The minimum atomic E-state index is -0.541. The van der Waals surface area contributed by atoms with Crippen LogP contribution < -0.4 is 14.5 Å². The second-order valence-corrected chi connectivity index (χ2v) is 8.81. The van der Waals surface area contributed by atoms with Gasteiger partial charge in [0, 0.05) is 43.8 Å². The molecule has 0 radical (unpaired) electrons. The molecule has 0 amide bonds. The molecule has 3 heterocycles. The number of pyridine rings is 1. The molecule has 0 bridgehead atoms. The summed E-state index contributed by atoms with van der Waals surface area (Å²) in [6, 6.07) is 16.1. The van der Waals surface area contributed by atoms with Crippen LogP contribution in [0.3, 0.4) is 0 Å². The fraction of sp³-hybridized carbons (Fsp3) is 0.370. The third kappa shape index (κ3) is 5.12. The van der Waals surface area contributed by atoms with Gasteiger partial charge < -0.3 is 19.3 Å². The highest BCUT2D eigenvalue weighted by atomic mass is 19.1. The van der Waals surface area contributed by atoms with Crippen LogP contribution >= 0.6 is 0 Å². The summed E-state index contributed by atoms with van der Waals surface area (Å²) in [5, 5.41) is 1.08. The SMILES string of the molecule is O=CCN=CN1CCOc2c(CCN3CCN(c4cccc5nc(CF)ccc45)CC3)cccc21. The van der Waals surface area contributed by atoms with E-state index < -0.39 is 6.67 Å². The second kappa shape index (κ2) is 10.8. The first-order valence-corrected chi connectivity index (χ1v) is 12.1. The van der Waals surface area contributed by atoms with Crippen molar-refractivity contribution in [1.29, 1.82) is 0 Å². The molecule has 0 saturated carbocycles. The first kappa shape index (κ1) is 23.2. The number of anilines is 2. The van der Waals surface area contributed by atoms with E-state index in [2.05, 4.69) is 42.9 Å². The van der Waals surface area contributed by atoms with Gasteiger partial charge in [-0.05, 0) is 42.3 Å². The molecule has 2 aromatic carbocycles. The van der Waals surface area contributed by atoms with Gasteiger partial charge in [0.05, 0.1) is 36.3 Å². The number of rotatable bonds is 8. The molecule has 2 aliphatic heterocycles. The van der Waals surface area contributed by atoms with Crippen LogP contribution in [0.25, 0.3) is 10.9 Å². The van der Waals surface area contributed by atoms with Crippen LogP contribution in [-0.4, -0.2) is 74.9 Å². The molecule has 0 N–H and O–H groups in total. The maximum absolute atomic E-state index is 13.0. The zero-order chi connectivity index (χ0) is 24.0. The van der Waals surface area contributed by atoms with Gasteiger partial charge in [0.2, 0.25) is 0 Å². The van der Waals surface area contributed by atoms with Gasteiger partial charge in [-0.15, -0.1) is 0 Å². The average Bonchev–Trinajstić information content (AvgIpc) is 2.92. The molecule has 3 aromatic rings. The van der Waals surface area contributed by atoms with Crippen molar-refractivity contribution in [2.45, 2.75) is 13.1 Å². The maximum Gasteiger partial charge on any atom is 0.146 e. The average molecular weight is 476 g/mol. The molecule has 0 atom stereocenters. The van der Waals surface area contributed by atoms with Crippen LogP contribution in [0.1, 0.15) is 11.3 Å². The van der Waals surface area contributed by atoms with E-state index in [1.54, 1.807) is 12.4 Å². The van der Waals surface area contributed by atoms with Gasteiger partial charge in [-0.2, -0.15) is 0 Å². The minimum Gasteiger partial charge on any atom is -0.489 e. The lowest BCUT2D eigenvalue weighted by atomic mass is 10.1. The molecule has 5 rings (SSSR count). The highest BCUT2D eigenvalue weighted by Crippen LogP contribution is 2.35. The number of hydrogen-bond donors (Lipinski definition) is 0. The predicted molar refractivity (Wildman–Crippen MR) is 138 cm³/mol. The summed E-state index contributed by atoms with van der Waals surface area (Å²) in [6.07, 6.45) is 3.44. The van der Waals surface area contributed by atoms with E-state index in [1.807, 2.05) is 24.3 Å². The summed E-state index contributed by atoms with van der Waals surface area (Å²) in [6.45, 7) is 5.75. The monoisotopic (exact) mass is 475 g/mol. The molecule has 1 saturated heterocycles. The van der Waals surface area contributed by atoms with E-state index in [-0.39, 0.29) is 6.54 Å². The topological polar surface area (TPSA) is 61.3 Å². The van der Waals surface area contributed by atoms with Crippen molar-refractivity contribution < 1.29 is 13.9 Å². The van der Waals surface area contributed by atoms with Crippen molar-refractivity contribution >= 4 is 34.9 Å². The highest BCUT2D eigenvalue weighted by Gasteiger charge is 2.22. The van der Waals surface area contributed by atoms with E-state index in [9.17, 15) is 9.18 Å². The lowest BCUT2D eigenvalue weighted by Gasteiger charge is -2.37. The summed E-state index contributed by atoms with van der Waals surface area (Å²) < 4.78 is 19.1. The maximum atomic E-state index is 13.0. The molecule has 2 aliphatic rings. The predicted octanol–water partition coefficient (Wildman–Crippen LogP) is 3.50. The van der Waals surface area contributed by atoms with E-state index in [0.29, 0.717) is 12.3 Å². The molecule has 8 heteroatoms. The molecular formula is C27H30FN5O2. The number of aromatic nitrogens is 1. The summed E-state index contributed by atoms with van der Waals surface area (Å²) in [5.41, 5.74) is 4.69. The lowest BCUT2D eigenvalue weighted by molar-refractivity contribution is -0.106. The normalized spacial score (nSPS) is 16.5. The Balaban J connectivity index is 1.21. The van der Waals surface area contributed by atoms with Crippen molar-refractivity contribution in [3.8, 4) is 5.75 Å². The number of halogens is 1. The largest absolute Gasteiger partial charge is 0.489 e. The molecule has 182 valence electrons. The highest BCUT2D eigenvalue weighted by molar-refractivity contribution is 5.92. The van der Waals surface area contributed by atoms with Crippen molar-refractivity contribution in [2.75, 3.05) is 62.2 Å². The second-order valence-electron chi connectivity index (χ2n) is 8.81. The number of hydrogen-bond acceptors (Lipinski definition) is 6. The lowest BCUT2D eigenvalue weighted by Crippen LogP contribution is -2.47. The first-order valence-electron chi connectivity index (χ1n) is 12.1. The van der Waals surface area contributed by atoms with Gasteiger partial charge in [0.25, 0.3) is 0 Å². The van der Waals surface area contributed by atoms with E-state index in [4.69, 9.17) is 4.74 Å². The van der Waals surface area contributed by atoms with Crippen LogP contribution in [0.4, 0.5) is 15.8 Å². The molecule has 35 heavy (non-hydrogen) atoms. The van der Waals surface area contributed by atoms with Crippen LogP contribution in [0.15, 0.2) is 53.5 Å². The Morgan fingerprint density at radius 1 is 1.00 bits per heavy atom. The number of nitrogens with zero attached hydrogens (tertiary/aromatic N) is 5. The zero-order valence-corrected chi connectivity index (χ0v) is 19.8. The van der Waals surface area contributed by atoms with Gasteiger partial charge in [-0.1, -0.05) is 18.2 Å². The Morgan fingerprint density at radius 2 is 1.83 bits per heavy atom. The van der Waals surface area contributed by atoms with Crippen molar-refractivity contribution in [3.05, 3.63) is 59.8 Å². The van der Waals surface area contributed by atoms with Gasteiger partial charge in [-0.3, -0.25) is 9.89 Å². The van der Waals surface area contributed by atoms with Gasteiger partial charge in [0.1, 0.15) is 25.3 Å². The van der Waals surface area contributed by atoms with Crippen molar-refractivity contribution in [1.82, 2.24) is 9.88 Å². The summed E-state index contributed by atoms with van der Waals surface area (Å²) in [5.74, 6) is 0.922. The Labute approximate surface area is 204 Å². The Morgan fingerprint density at radius 3 is 2.66 bits per heavy atom. The summed E-state index contributed by atoms with van der Waals surface area (Å²) in [7, 11) is 0. The summed E-state index contributed by atoms with van der Waals surface area (Å²) >= 11 is 0. The van der Waals surface area contributed by atoms with Gasteiger partial charge in [-0.25, -0.2) is 9.37 Å². The molecular weight excluding hydrogens is 445 g/mol. The van der Waals surface area contributed by atoms with Crippen LogP contribution in [0, 0.1) is 0 Å². The van der Waals surface area contributed by atoms with Crippen LogP contribution in [0.2, 0.25) is 0 Å². The van der Waals surface area contributed by atoms with Crippen LogP contribution in [0.5, 0.6) is 5.75 Å². The molecule has 1 aromatic heterocycles. The number of carbonyl (C=O) groups is 1. The number of piperazine rings is 1. The zero-order valence-electron chi connectivity index (χ0n) is 19.8. The van der Waals surface area contributed by atoms with Crippen LogP contribution in [-0.2, 0) is 17.9 Å². The van der Waals surface area contributed by atoms with Gasteiger partial charge >= 0.3 is 0 Å². The Bertz CT molecular complexity index is 1210. The van der Waals surface area contributed by atoms with Crippen molar-refractivity contribution in [3.63, 3.8) is 0 Å². The standard InChI is InChI=1S/C27H30FN5O2/c28-19-22-7-8-23-24(30-22)4-2-5-25(23)32-14-12-31(13-15-32)11-9-21-3-1-6-26-27(21)35-18-16-33(26)20-29-10-17-34/h1-8,17,20H,9-16,18-19H2. The van der Waals surface area contributed by atoms with E-state index in [0.717, 1.165) is 74.3 Å². The molecule has 1 fully saturated rings. The number of carbonyl (C=O) groups excluding carboxylic acids is 1. The van der Waals surface area contributed by atoms with Gasteiger partial charge in [0.15, 0.2) is 0 Å². The molecule has 7 nitrogen and oxygen atoms in total. The van der Waals surface area contributed by atoms with E-state index in [1.165, 1.54) is 11.3 Å². The fourth-order valence-electron chi connectivity index (χ4n) is 4.86. The number of para-hydroxylation sites is 1. The minimum absolute atomic E-state index is 0.173. The molecule has 0 spiro atoms. The number of aliphatic imine (C=N–C) groups is 1. The number of benzene rings is 2. The molecule has 0 aliphatic carbocycles. The fourth-order valence-corrected chi connectivity index (χ4v) is 4.86. The first-order chi connectivity index (χ1) is 17.3. The number of aldehydes is 1.